The second-order valence-electron chi connectivity index (χ2n) is 5.74. The van der Waals surface area contributed by atoms with E-state index in [1.165, 1.54) is 12.3 Å². The van der Waals surface area contributed by atoms with Crippen LogP contribution in [-0.4, -0.2) is 15.5 Å². The van der Waals surface area contributed by atoms with E-state index in [4.69, 9.17) is 11.6 Å². The molecule has 0 aliphatic rings. The van der Waals surface area contributed by atoms with Gasteiger partial charge < -0.3 is 9.88 Å². The fourth-order valence-corrected chi connectivity index (χ4v) is 2.47. The van der Waals surface area contributed by atoms with Crippen molar-refractivity contribution in [1.29, 1.82) is 0 Å². The van der Waals surface area contributed by atoms with Crippen LogP contribution < -0.4 is 10.9 Å². The largest absolute Gasteiger partial charge is 0.315 e. The van der Waals surface area contributed by atoms with Crippen LogP contribution in [0.3, 0.4) is 0 Å². The van der Waals surface area contributed by atoms with Gasteiger partial charge in [-0.2, -0.15) is 0 Å². The summed E-state index contributed by atoms with van der Waals surface area (Å²) < 4.78 is 1.55. The lowest BCUT2D eigenvalue weighted by atomic mass is 10.2. The number of nitrogens with zero attached hydrogens (tertiary/aromatic N) is 2. The number of aryl methyl sites for hydroxylation is 1. The molecule has 2 aromatic rings. The second kappa shape index (κ2) is 7.42. The smallest absolute Gasteiger partial charge is 0.263 e. The molecule has 0 aliphatic heterocycles. The summed E-state index contributed by atoms with van der Waals surface area (Å²) in [5.41, 5.74) is 0.627. The quantitative estimate of drug-likeness (QED) is 0.912. The molecule has 2 aromatic heterocycles. The predicted molar refractivity (Wildman–Crippen MR) is 92.1 cm³/mol. The molecule has 1 amide bonds. The molecule has 0 aromatic carbocycles. The van der Waals surface area contributed by atoms with Crippen molar-refractivity contribution in [3.63, 3.8) is 0 Å². The zero-order valence-electron chi connectivity index (χ0n) is 13.5. The molecule has 0 fully saturated rings. The third-order valence-electron chi connectivity index (χ3n) is 3.37. The first kappa shape index (κ1) is 17.2. The van der Waals surface area contributed by atoms with Crippen LogP contribution in [0.1, 0.15) is 36.7 Å². The molecule has 23 heavy (non-hydrogen) atoms. The monoisotopic (exact) mass is 333 g/mol. The number of hydrogen-bond acceptors (Lipinski definition) is 3. The molecular formula is C17H20ClN3O2. The predicted octanol–water partition coefficient (Wildman–Crippen LogP) is 3.37. The highest BCUT2D eigenvalue weighted by Gasteiger charge is 2.15. The Bertz CT molecular complexity index is 769. The van der Waals surface area contributed by atoms with Gasteiger partial charge in [-0.25, -0.2) is 4.98 Å². The number of rotatable bonds is 5. The van der Waals surface area contributed by atoms with Gasteiger partial charge in [0, 0.05) is 18.9 Å². The summed E-state index contributed by atoms with van der Waals surface area (Å²) >= 11 is 5.92. The van der Waals surface area contributed by atoms with Crippen molar-refractivity contribution in [2.45, 2.75) is 33.7 Å². The normalized spacial score (nSPS) is 10.8. The summed E-state index contributed by atoms with van der Waals surface area (Å²) in [6.07, 6.45) is 3.84. The van der Waals surface area contributed by atoms with Gasteiger partial charge in [0.25, 0.3) is 11.5 Å². The molecule has 0 spiro atoms. The van der Waals surface area contributed by atoms with Crippen LogP contribution in [-0.2, 0) is 13.0 Å². The van der Waals surface area contributed by atoms with E-state index >= 15 is 0 Å². The van der Waals surface area contributed by atoms with Gasteiger partial charge in [0.15, 0.2) is 0 Å². The summed E-state index contributed by atoms with van der Waals surface area (Å²) in [6, 6.07) is 4.98. The molecule has 0 saturated heterocycles. The molecule has 6 heteroatoms. The van der Waals surface area contributed by atoms with Crippen LogP contribution in [0.2, 0.25) is 5.02 Å². The van der Waals surface area contributed by atoms with Crippen LogP contribution in [0.4, 0.5) is 5.82 Å². The van der Waals surface area contributed by atoms with Crippen LogP contribution in [0.5, 0.6) is 0 Å². The number of halogens is 1. The average Bonchev–Trinajstić information content (AvgIpc) is 2.50. The van der Waals surface area contributed by atoms with E-state index < -0.39 is 5.91 Å². The van der Waals surface area contributed by atoms with Gasteiger partial charge in [0.1, 0.15) is 11.4 Å². The van der Waals surface area contributed by atoms with Crippen molar-refractivity contribution in [3.8, 4) is 0 Å². The molecule has 5 nitrogen and oxygen atoms in total. The lowest BCUT2D eigenvalue weighted by Crippen LogP contribution is -2.30. The van der Waals surface area contributed by atoms with Crippen LogP contribution in [0.25, 0.3) is 0 Å². The number of carbonyl (C=O) groups is 1. The molecule has 0 radical (unpaired) electrons. The Labute approximate surface area is 140 Å². The van der Waals surface area contributed by atoms with E-state index in [1.807, 2.05) is 20.8 Å². The molecule has 0 atom stereocenters. The lowest BCUT2D eigenvalue weighted by molar-refractivity contribution is 0.102. The lowest BCUT2D eigenvalue weighted by Gasteiger charge is -2.11. The number of nitrogens with one attached hydrogen (secondary N) is 1. The summed E-state index contributed by atoms with van der Waals surface area (Å²) in [6.45, 7) is 6.55. The van der Waals surface area contributed by atoms with Crippen molar-refractivity contribution in [2.75, 3.05) is 5.32 Å². The van der Waals surface area contributed by atoms with E-state index in [1.54, 1.807) is 22.9 Å². The molecule has 2 heterocycles. The Morgan fingerprint density at radius 3 is 2.83 bits per heavy atom. The Morgan fingerprint density at radius 1 is 1.43 bits per heavy atom. The first-order valence-corrected chi connectivity index (χ1v) is 7.95. The number of amides is 1. The molecule has 2 rings (SSSR count). The Morgan fingerprint density at radius 2 is 2.17 bits per heavy atom. The Kier molecular flexibility index (Phi) is 5.55. The number of pyridine rings is 2. The minimum absolute atomic E-state index is 0.104. The van der Waals surface area contributed by atoms with Gasteiger partial charge in [-0.05, 0) is 36.1 Å². The second-order valence-corrected chi connectivity index (χ2v) is 6.18. The van der Waals surface area contributed by atoms with Crippen LogP contribution in [0.15, 0.2) is 35.4 Å². The zero-order valence-corrected chi connectivity index (χ0v) is 14.2. The Balaban J connectivity index is 2.30. The van der Waals surface area contributed by atoms with Gasteiger partial charge >= 0.3 is 0 Å². The molecule has 1 N–H and O–H groups in total. The molecule has 0 unspecified atom stereocenters. The van der Waals surface area contributed by atoms with E-state index in [0.717, 1.165) is 5.56 Å². The van der Waals surface area contributed by atoms with E-state index in [0.29, 0.717) is 29.7 Å². The molecule has 0 saturated carbocycles. The summed E-state index contributed by atoms with van der Waals surface area (Å²) in [5.74, 6) is 0.286. The van der Waals surface area contributed by atoms with E-state index in [9.17, 15) is 9.59 Å². The van der Waals surface area contributed by atoms with Gasteiger partial charge in [0.05, 0.1) is 5.02 Å². The fourth-order valence-electron chi connectivity index (χ4n) is 2.28. The maximum absolute atomic E-state index is 12.4. The van der Waals surface area contributed by atoms with Crippen molar-refractivity contribution in [3.05, 3.63) is 57.1 Å². The van der Waals surface area contributed by atoms with Gasteiger partial charge in [-0.3, -0.25) is 9.59 Å². The van der Waals surface area contributed by atoms with E-state index in [-0.39, 0.29) is 11.1 Å². The van der Waals surface area contributed by atoms with Gasteiger partial charge in [0.2, 0.25) is 0 Å². The number of carbonyl (C=O) groups excluding carboxylic acids is 1. The van der Waals surface area contributed by atoms with Gasteiger partial charge in [-0.15, -0.1) is 0 Å². The highest BCUT2D eigenvalue weighted by Crippen LogP contribution is 2.18. The van der Waals surface area contributed by atoms with Crippen molar-refractivity contribution in [2.24, 2.45) is 5.92 Å². The maximum Gasteiger partial charge on any atom is 0.263 e. The maximum atomic E-state index is 12.4. The topological polar surface area (TPSA) is 64.0 Å². The highest BCUT2D eigenvalue weighted by atomic mass is 35.5. The summed E-state index contributed by atoms with van der Waals surface area (Å²) in [5, 5.41) is 3.22. The van der Waals surface area contributed by atoms with E-state index in [2.05, 4.69) is 10.3 Å². The minimum Gasteiger partial charge on any atom is -0.315 e. The summed E-state index contributed by atoms with van der Waals surface area (Å²) in [4.78, 5) is 29.0. The molecular weight excluding hydrogens is 314 g/mol. The van der Waals surface area contributed by atoms with Gasteiger partial charge in [-0.1, -0.05) is 32.4 Å². The first-order valence-electron chi connectivity index (χ1n) is 7.57. The standard InChI is InChI=1S/C17H20ClN3O2/c1-4-12-8-13(18)9-19-15(12)20-16(22)14-6-5-7-21(17(14)23)10-11(2)3/h5-9,11H,4,10H2,1-3H3,(H,19,20,22). The average molecular weight is 334 g/mol. The van der Waals surface area contributed by atoms with Crippen molar-refractivity contribution in [1.82, 2.24) is 9.55 Å². The molecule has 122 valence electrons. The fraction of sp³-hybridized carbons (Fsp3) is 0.353. The van der Waals surface area contributed by atoms with Crippen LogP contribution in [0, 0.1) is 5.92 Å². The number of aromatic nitrogens is 2. The number of anilines is 1. The third kappa shape index (κ3) is 4.20. The zero-order chi connectivity index (χ0) is 17.0. The minimum atomic E-state index is -0.461. The Hall–Kier alpha value is -2.14. The van der Waals surface area contributed by atoms with Crippen molar-refractivity contribution >= 4 is 23.3 Å². The number of hydrogen-bond donors (Lipinski definition) is 1. The first-order chi connectivity index (χ1) is 10.9. The summed E-state index contributed by atoms with van der Waals surface area (Å²) in [7, 11) is 0. The molecule has 0 aliphatic carbocycles. The highest BCUT2D eigenvalue weighted by molar-refractivity contribution is 6.30. The SMILES string of the molecule is CCc1cc(Cl)cnc1NC(=O)c1cccn(CC(C)C)c1=O. The van der Waals surface area contributed by atoms with Crippen molar-refractivity contribution < 1.29 is 4.79 Å². The third-order valence-corrected chi connectivity index (χ3v) is 3.58. The molecule has 0 bridgehead atoms. The van der Waals surface area contributed by atoms with Crippen LogP contribution >= 0.6 is 11.6 Å².